The fourth-order valence-electron chi connectivity index (χ4n) is 8.85. The van der Waals surface area contributed by atoms with Gasteiger partial charge in [-0.1, -0.05) is 170 Å². The molecule has 12 rings (SSSR count). The number of furan rings is 1. The normalized spacial score (nSPS) is 14.2. The lowest BCUT2D eigenvalue weighted by molar-refractivity contribution is 0.670. The van der Waals surface area contributed by atoms with Crippen LogP contribution in [0.3, 0.4) is 0 Å². The Morgan fingerprint density at radius 3 is 1.92 bits per heavy atom. The Balaban J connectivity index is 1.09. The van der Waals surface area contributed by atoms with Crippen molar-refractivity contribution in [3.8, 4) is 33.4 Å². The summed E-state index contributed by atoms with van der Waals surface area (Å²) in [7, 11) is 0. The van der Waals surface area contributed by atoms with Gasteiger partial charge in [-0.05, 0) is 68.9 Å². The Hall–Kier alpha value is -7.60. The van der Waals surface area contributed by atoms with Crippen LogP contribution in [0.2, 0.25) is 0 Å². The molecule has 0 amide bonds. The molecule has 0 fully saturated rings. The molecule has 0 radical (unpaired) electrons. The Morgan fingerprint density at radius 1 is 0.433 bits per heavy atom. The molecule has 0 saturated heterocycles. The molecule has 11 aromatic rings. The monoisotopic (exact) mass is 785 g/mol. The topological polar surface area (TPSA) is 49.9 Å². The average Bonchev–Trinajstić information content (AvgIpc) is 3.91. The maximum atomic E-state index is 7.25. The van der Waals surface area contributed by atoms with E-state index in [1.165, 1.54) is 36.5 Å². The number of hydrogen-bond donors (Lipinski definition) is 1. The summed E-state index contributed by atoms with van der Waals surface area (Å²) in [5, 5.41) is 10.6. The lowest BCUT2D eigenvalue weighted by atomic mass is 9.93. The molecule has 1 aliphatic heterocycles. The SMILES string of the molecule is c1ccc(C2=NC(c3ccc(-c4cccc5ccccc45)c4oc5c(-c6ccc7sc8ccccc8c7c6)cccc5c34)=NC(c3ccc(-c4ccccc4)cc3)N2)cc1. The molecule has 9 aromatic carbocycles. The summed E-state index contributed by atoms with van der Waals surface area (Å²) in [6.45, 7) is 0. The van der Waals surface area contributed by atoms with Crippen molar-refractivity contribution in [3.05, 3.63) is 217 Å². The highest BCUT2D eigenvalue weighted by atomic mass is 32.1. The number of thiophene rings is 1. The number of aliphatic imine (C=N–C) groups is 2. The predicted molar refractivity (Wildman–Crippen MR) is 252 cm³/mol. The van der Waals surface area contributed by atoms with Crippen LogP contribution < -0.4 is 5.32 Å². The van der Waals surface area contributed by atoms with E-state index in [4.69, 9.17) is 14.4 Å². The first kappa shape index (κ1) is 34.4. The third kappa shape index (κ3) is 5.74. The predicted octanol–water partition coefficient (Wildman–Crippen LogP) is 14.6. The van der Waals surface area contributed by atoms with Crippen molar-refractivity contribution in [2.75, 3.05) is 0 Å². The molecule has 3 heterocycles. The molecule has 60 heavy (non-hydrogen) atoms. The summed E-state index contributed by atoms with van der Waals surface area (Å²) in [6, 6.07) is 70.9. The van der Waals surface area contributed by atoms with E-state index in [0.29, 0.717) is 5.84 Å². The van der Waals surface area contributed by atoms with Gasteiger partial charge in [-0.25, -0.2) is 9.98 Å². The number of hydrogen-bond acceptors (Lipinski definition) is 5. The average molecular weight is 786 g/mol. The van der Waals surface area contributed by atoms with Crippen LogP contribution in [0.5, 0.6) is 0 Å². The minimum atomic E-state index is -0.369. The summed E-state index contributed by atoms with van der Waals surface area (Å²) in [5.41, 5.74) is 11.3. The number of fused-ring (bicyclic) bond motifs is 7. The summed E-state index contributed by atoms with van der Waals surface area (Å²) >= 11 is 1.83. The second kappa shape index (κ2) is 14.0. The second-order valence-corrected chi connectivity index (χ2v) is 16.4. The molecule has 4 nitrogen and oxygen atoms in total. The van der Waals surface area contributed by atoms with Crippen LogP contribution in [0, 0.1) is 0 Å². The molecule has 1 unspecified atom stereocenters. The lowest BCUT2D eigenvalue weighted by Crippen LogP contribution is -2.33. The van der Waals surface area contributed by atoms with E-state index in [2.05, 4.69) is 181 Å². The fourth-order valence-corrected chi connectivity index (χ4v) is 9.94. The maximum absolute atomic E-state index is 7.25. The van der Waals surface area contributed by atoms with Crippen LogP contribution in [0.25, 0.3) is 86.3 Å². The van der Waals surface area contributed by atoms with Crippen molar-refractivity contribution < 1.29 is 4.42 Å². The third-order valence-electron chi connectivity index (χ3n) is 11.8. The molecule has 1 atom stereocenters. The van der Waals surface area contributed by atoms with Crippen molar-refractivity contribution in [1.29, 1.82) is 0 Å². The molecule has 1 aliphatic rings. The molecule has 0 saturated carbocycles. The third-order valence-corrected chi connectivity index (χ3v) is 12.9. The highest BCUT2D eigenvalue weighted by Gasteiger charge is 2.26. The minimum absolute atomic E-state index is 0.369. The molecule has 5 heteroatoms. The van der Waals surface area contributed by atoms with E-state index in [-0.39, 0.29) is 6.17 Å². The first-order valence-corrected chi connectivity index (χ1v) is 21.1. The largest absolute Gasteiger partial charge is 0.455 e. The van der Waals surface area contributed by atoms with Crippen molar-refractivity contribution in [3.63, 3.8) is 0 Å². The van der Waals surface area contributed by atoms with Gasteiger partial charge in [-0.15, -0.1) is 11.3 Å². The van der Waals surface area contributed by atoms with Crippen molar-refractivity contribution in [1.82, 2.24) is 5.32 Å². The molecule has 282 valence electrons. The Bertz CT molecular complexity index is 3500. The highest BCUT2D eigenvalue weighted by Crippen LogP contribution is 2.45. The molecule has 0 bridgehead atoms. The van der Waals surface area contributed by atoms with Gasteiger partial charge in [0.05, 0.1) is 0 Å². The van der Waals surface area contributed by atoms with Crippen molar-refractivity contribution >= 4 is 75.9 Å². The van der Waals surface area contributed by atoms with E-state index in [0.717, 1.165) is 72.3 Å². The van der Waals surface area contributed by atoms with Crippen LogP contribution in [0.4, 0.5) is 0 Å². The van der Waals surface area contributed by atoms with Crippen LogP contribution in [0.15, 0.2) is 215 Å². The van der Waals surface area contributed by atoms with E-state index < -0.39 is 0 Å². The van der Waals surface area contributed by atoms with Gasteiger partial charge >= 0.3 is 0 Å². The molecular weight excluding hydrogens is 751 g/mol. The molecule has 0 aliphatic carbocycles. The highest BCUT2D eigenvalue weighted by molar-refractivity contribution is 7.25. The summed E-state index contributed by atoms with van der Waals surface area (Å²) in [6.07, 6.45) is -0.369. The van der Waals surface area contributed by atoms with Gasteiger partial charge in [0.25, 0.3) is 0 Å². The van der Waals surface area contributed by atoms with Crippen molar-refractivity contribution in [2.24, 2.45) is 9.98 Å². The van der Waals surface area contributed by atoms with Gasteiger partial charge in [0.15, 0.2) is 5.84 Å². The number of nitrogens with one attached hydrogen (secondary N) is 1. The zero-order valence-corrected chi connectivity index (χ0v) is 33.2. The van der Waals surface area contributed by atoms with Gasteiger partial charge in [-0.2, -0.15) is 0 Å². The van der Waals surface area contributed by atoms with E-state index in [9.17, 15) is 0 Å². The maximum Gasteiger partial charge on any atom is 0.160 e. The first-order chi connectivity index (χ1) is 29.7. The Kier molecular flexibility index (Phi) is 8.06. The zero-order valence-electron chi connectivity index (χ0n) is 32.3. The summed E-state index contributed by atoms with van der Waals surface area (Å²) < 4.78 is 9.81. The van der Waals surface area contributed by atoms with Crippen LogP contribution in [-0.4, -0.2) is 11.7 Å². The van der Waals surface area contributed by atoms with Gasteiger partial charge in [0.2, 0.25) is 0 Å². The lowest BCUT2D eigenvalue weighted by Gasteiger charge is -2.24. The quantitative estimate of drug-likeness (QED) is 0.183. The zero-order chi connectivity index (χ0) is 39.6. The van der Waals surface area contributed by atoms with Gasteiger partial charge < -0.3 is 9.73 Å². The van der Waals surface area contributed by atoms with E-state index in [1.54, 1.807) is 0 Å². The molecule has 2 aromatic heterocycles. The van der Waals surface area contributed by atoms with E-state index in [1.807, 2.05) is 35.6 Å². The Morgan fingerprint density at radius 2 is 1.07 bits per heavy atom. The number of amidine groups is 2. The minimum Gasteiger partial charge on any atom is -0.455 e. The van der Waals surface area contributed by atoms with Crippen molar-refractivity contribution in [2.45, 2.75) is 6.17 Å². The molecular formula is C55H35N3OS. The first-order valence-electron chi connectivity index (χ1n) is 20.3. The summed E-state index contributed by atoms with van der Waals surface area (Å²) in [4.78, 5) is 10.7. The van der Waals surface area contributed by atoms with Gasteiger partial charge in [0, 0.05) is 53.2 Å². The smallest absolute Gasteiger partial charge is 0.160 e. The molecule has 1 N–H and O–H groups in total. The van der Waals surface area contributed by atoms with Crippen LogP contribution in [0.1, 0.15) is 22.9 Å². The van der Waals surface area contributed by atoms with Gasteiger partial charge in [0.1, 0.15) is 23.2 Å². The van der Waals surface area contributed by atoms with Crippen LogP contribution >= 0.6 is 11.3 Å². The van der Waals surface area contributed by atoms with Gasteiger partial charge in [-0.3, -0.25) is 0 Å². The number of rotatable bonds is 6. The number of para-hydroxylation sites is 1. The number of benzene rings is 9. The molecule has 0 spiro atoms. The fraction of sp³-hybridized carbons (Fsp3) is 0.0182. The summed E-state index contributed by atoms with van der Waals surface area (Å²) in [5.74, 6) is 1.42. The number of nitrogens with zero attached hydrogens (tertiary/aromatic N) is 2. The second-order valence-electron chi connectivity index (χ2n) is 15.3. The van der Waals surface area contributed by atoms with Crippen LogP contribution in [-0.2, 0) is 0 Å². The van der Waals surface area contributed by atoms with E-state index >= 15 is 0 Å². The standard InChI is InChI=1S/C55H35N3OS/c1-3-13-34(14-4-1)35-25-27-38(28-26-35)54-56-53(37-16-5-2-6-17-37)57-55(58-54)46-31-30-44(42-22-11-18-36-15-7-8-19-40(36)42)52-50(46)45-23-12-21-41(51(45)59-52)39-29-32-49-47(33-39)43-20-9-10-24-48(43)60-49/h1-33,54H,(H,56,57,58). The Labute approximate surface area is 350 Å².